The number of hydrazine groups is 1. The maximum atomic E-state index is 10.5. The fourth-order valence-electron chi connectivity index (χ4n) is 0.438. The van der Waals surface area contributed by atoms with Crippen molar-refractivity contribution in [3.63, 3.8) is 0 Å². The Hall–Kier alpha value is -0.810. The lowest BCUT2D eigenvalue weighted by atomic mass is 10.4. The summed E-state index contributed by atoms with van der Waals surface area (Å²) in [6.45, 7) is 3.97. The van der Waals surface area contributed by atoms with Crippen LogP contribution in [0.1, 0.15) is 13.8 Å². The van der Waals surface area contributed by atoms with Gasteiger partial charge < -0.3 is 9.84 Å². The van der Waals surface area contributed by atoms with Crippen molar-refractivity contribution in [1.29, 1.82) is 0 Å². The number of aliphatic hydroxyl groups is 1. The van der Waals surface area contributed by atoms with E-state index in [1.165, 1.54) is 0 Å². The maximum absolute atomic E-state index is 10.5. The van der Waals surface area contributed by atoms with Crippen molar-refractivity contribution in [2.75, 3.05) is 13.2 Å². The molecular weight excluding hydrogens is 148 g/mol. The van der Waals surface area contributed by atoms with Crippen molar-refractivity contribution in [3.05, 3.63) is 0 Å². The Morgan fingerprint density at radius 3 is 2.82 bits per heavy atom. The summed E-state index contributed by atoms with van der Waals surface area (Å²) in [6, 6.07) is 0. The van der Waals surface area contributed by atoms with Crippen molar-refractivity contribution in [3.8, 4) is 0 Å². The molecule has 0 rings (SSSR count). The lowest BCUT2D eigenvalue weighted by Crippen LogP contribution is -2.41. The van der Waals surface area contributed by atoms with Crippen molar-refractivity contribution >= 4 is 6.09 Å². The summed E-state index contributed by atoms with van der Waals surface area (Å²) in [6.07, 6.45) is -1.02. The average molecular weight is 162 g/mol. The van der Waals surface area contributed by atoms with Crippen LogP contribution in [-0.2, 0) is 4.74 Å². The minimum atomic E-state index is -0.534. The van der Waals surface area contributed by atoms with Gasteiger partial charge in [0.15, 0.2) is 0 Å². The number of ether oxygens (including phenoxy) is 1. The molecule has 0 bridgehead atoms. The second-order valence-electron chi connectivity index (χ2n) is 2.08. The first kappa shape index (κ1) is 10.2. The van der Waals surface area contributed by atoms with Gasteiger partial charge >= 0.3 is 6.09 Å². The molecule has 0 aliphatic heterocycles. The van der Waals surface area contributed by atoms with Gasteiger partial charge in [0, 0.05) is 6.54 Å². The van der Waals surface area contributed by atoms with Crippen molar-refractivity contribution in [2.45, 2.75) is 20.0 Å². The van der Waals surface area contributed by atoms with E-state index in [2.05, 4.69) is 15.6 Å². The Kier molecular flexibility index (Phi) is 5.50. The lowest BCUT2D eigenvalue weighted by molar-refractivity contribution is 0.140. The van der Waals surface area contributed by atoms with E-state index in [-0.39, 0.29) is 0 Å². The number of aliphatic hydroxyl groups excluding tert-OH is 1. The first-order chi connectivity index (χ1) is 5.16. The number of hydrogen-bond donors (Lipinski definition) is 3. The van der Waals surface area contributed by atoms with Gasteiger partial charge in [-0.1, -0.05) is 0 Å². The summed E-state index contributed by atoms with van der Waals surface area (Å²) < 4.78 is 4.53. The number of nitrogens with one attached hydrogen (secondary N) is 2. The van der Waals surface area contributed by atoms with Gasteiger partial charge in [0.1, 0.15) is 0 Å². The molecule has 0 saturated heterocycles. The third-order valence-electron chi connectivity index (χ3n) is 0.863. The van der Waals surface area contributed by atoms with E-state index in [1.54, 1.807) is 13.8 Å². The zero-order valence-electron chi connectivity index (χ0n) is 6.76. The van der Waals surface area contributed by atoms with Crippen LogP contribution in [0, 0.1) is 0 Å². The van der Waals surface area contributed by atoms with Crippen LogP contribution in [0.4, 0.5) is 4.79 Å². The number of amides is 1. The van der Waals surface area contributed by atoms with E-state index in [0.717, 1.165) is 0 Å². The predicted molar refractivity (Wildman–Crippen MR) is 39.8 cm³/mol. The van der Waals surface area contributed by atoms with Gasteiger partial charge in [0.25, 0.3) is 0 Å². The van der Waals surface area contributed by atoms with Crippen LogP contribution in [0.3, 0.4) is 0 Å². The zero-order valence-corrected chi connectivity index (χ0v) is 6.76. The normalized spacial score (nSPS) is 12.3. The SMILES string of the molecule is CCOC(=O)NNCC(C)O. The number of carbonyl (C=O) groups excluding carboxylic acids is 1. The minimum absolute atomic E-state index is 0.304. The summed E-state index contributed by atoms with van der Waals surface area (Å²) in [4.78, 5) is 10.5. The van der Waals surface area contributed by atoms with Crippen LogP contribution >= 0.6 is 0 Å². The topological polar surface area (TPSA) is 70.6 Å². The summed E-state index contributed by atoms with van der Waals surface area (Å²) in [5, 5.41) is 8.74. The van der Waals surface area contributed by atoms with Gasteiger partial charge in [0.2, 0.25) is 0 Å². The molecular formula is C6H14N2O3. The fraction of sp³-hybridized carbons (Fsp3) is 0.833. The van der Waals surface area contributed by atoms with E-state index in [1.807, 2.05) is 0 Å². The fourth-order valence-corrected chi connectivity index (χ4v) is 0.438. The third-order valence-corrected chi connectivity index (χ3v) is 0.863. The van der Waals surface area contributed by atoms with Crippen molar-refractivity contribution < 1.29 is 14.6 Å². The third kappa shape index (κ3) is 7.08. The number of rotatable bonds is 4. The molecule has 0 heterocycles. The number of carbonyl (C=O) groups is 1. The molecule has 11 heavy (non-hydrogen) atoms. The van der Waals surface area contributed by atoms with E-state index in [0.29, 0.717) is 13.2 Å². The summed E-state index contributed by atoms with van der Waals surface area (Å²) in [7, 11) is 0. The van der Waals surface area contributed by atoms with E-state index >= 15 is 0 Å². The first-order valence-corrected chi connectivity index (χ1v) is 3.50. The van der Waals surface area contributed by atoms with Crippen LogP contribution in [0.2, 0.25) is 0 Å². The maximum Gasteiger partial charge on any atom is 0.421 e. The summed E-state index contributed by atoms with van der Waals surface area (Å²) >= 11 is 0. The highest BCUT2D eigenvalue weighted by Gasteiger charge is 1.98. The zero-order chi connectivity index (χ0) is 8.69. The highest BCUT2D eigenvalue weighted by molar-refractivity contribution is 5.66. The average Bonchev–Trinajstić information content (AvgIpc) is 1.87. The molecule has 0 aliphatic carbocycles. The predicted octanol–water partition coefficient (Wildman–Crippen LogP) is -0.382. The monoisotopic (exact) mass is 162 g/mol. The molecule has 0 fully saturated rings. The van der Waals surface area contributed by atoms with Gasteiger partial charge in [-0.05, 0) is 13.8 Å². The molecule has 5 nitrogen and oxygen atoms in total. The molecule has 0 saturated carbocycles. The van der Waals surface area contributed by atoms with Crippen LogP contribution in [-0.4, -0.2) is 30.5 Å². The molecule has 1 atom stereocenters. The van der Waals surface area contributed by atoms with Crippen LogP contribution < -0.4 is 10.9 Å². The molecule has 0 aromatic heterocycles. The molecule has 1 unspecified atom stereocenters. The molecule has 1 amide bonds. The van der Waals surface area contributed by atoms with Crippen LogP contribution in [0.25, 0.3) is 0 Å². The van der Waals surface area contributed by atoms with Crippen LogP contribution in [0.5, 0.6) is 0 Å². The Labute approximate surface area is 65.7 Å². The molecule has 0 aliphatic rings. The molecule has 0 radical (unpaired) electrons. The molecule has 66 valence electrons. The van der Waals surface area contributed by atoms with E-state index in [9.17, 15) is 4.79 Å². The molecule has 5 heteroatoms. The highest BCUT2D eigenvalue weighted by Crippen LogP contribution is 1.75. The van der Waals surface area contributed by atoms with E-state index < -0.39 is 12.2 Å². The second-order valence-corrected chi connectivity index (χ2v) is 2.08. The lowest BCUT2D eigenvalue weighted by Gasteiger charge is -2.07. The van der Waals surface area contributed by atoms with Crippen molar-refractivity contribution in [1.82, 2.24) is 10.9 Å². The highest BCUT2D eigenvalue weighted by atomic mass is 16.5. The molecule has 0 aromatic carbocycles. The minimum Gasteiger partial charge on any atom is -0.449 e. The standard InChI is InChI=1S/C6H14N2O3/c1-3-11-6(10)8-7-4-5(2)9/h5,7,9H,3-4H2,1-2H3,(H,8,10). The summed E-state index contributed by atoms with van der Waals surface area (Å²) in [5.74, 6) is 0. The first-order valence-electron chi connectivity index (χ1n) is 3.50. The molecule has 0 aromatic rings. The van der Waals surface area contributed by atoms with Gasteiger partial charge in [-0.2, -0.15) is 0 Å². The Morgan fingerprint density at radius 1 is 1.73 bits per heavy atom. The number of hydrogen-bond acceptors (Lipinski definition) is 4. The Morgan fingerprint density at radius 2 is 2.36 bits per heavy atom. The van der Waals surface area contributed by atoms with E-state index in [4.69, 9.17) is 5.11 Å². The van der Waals surface area contributed by atoms with Gasteiger partial charge in [-0.25, -0.2) is 10.2 Å². The second kappa shape index (κ2) is 5.94. The van der Waals surface area contributed by atoms with Gasteiger partial charge in [0.05, 0.1) is 12.7 Å². The van der Waals surface area contributed by atoms with Gasteiger partial charge in [-0.3, -0.25) is 5.43 Å². The molecule has 3 N–H and O–H groups in total. The van der Waals surface area contributed by atoms with Crippen LogP contribution in [0.15, 0.2) is 0 Å². The molecule has 0 spiro atoms. The largest absolute Gasteiger partial charge is 0.449 e. The summed E-state index contributed by atoms with van der Waals surface area (Å²) in [5.41, 5.74) is 4.74. The van der Waals surface area contributed by atoms with Gasteiger partial charge in [-0.15, -0.1) is 0 Å². The quantitative estimate of drug-likeness (QED) is 0.493. The Bertz CT molecular complexity index is 116. The van der Waals surface area contributed by atoms with Crippen molar-refractivity contribution in [2.24, 2.45) is 0 Å². The Balaban J connectivity index is 3.17. The smallest absolute Gasteiger partial charge is 0.421 e.